The number of fused-ring (bicyclic) bond motifs is 1. The van der Waals surface area contributed by atoms with E-state index < -0.39 is 53.5 Å². The highest BCUT2D eigenvalue weighted by molar-refractivity contribution is 5.86. The molecule has 2 heterocycles. The third-order valence-corrected chi connectivity index (χ3v) is 4.48. The Kier molecular flexibility index (Phi) is 4.63. The zero-order chi connectivity index (χ0) is 20.1. The van der Waals surface area contributed by atoms with Gasteiger partial charge >= 0.3 is 12.4 Å². The molecule has 3 atom stereocenters. The first kappa shape index (κ1) is 19.5. The minimum Gasteiger partial charge on any atom is -0.391 e. The molecule has 5 nitrogen and oxygen atoms in total. The van der Waals surface area contributed by atoms with Gasteiger partial charge in [-0.3, -0.25) is 4.79 Å². The first-order valence-electron chi connectivity index (χ1n) is 7.81. The van der Waals surface area contributed by atoms with E-state index >= 15 is 0 Å². The van der Waals surface area contributed by atoms with Crippen molar-refractivity contribution in [3.63, 3.8) is 0 Å². The number of rotatable bonds is 2. The van der Waals surface area contributed by atoms with Crippen molar-refractivity contribution in [2.75, 3.05) is 11.4 Å². The highest BCUT2D eigenvalue weighted by Crippen LogP contribution is 2.38. The SMILES string of the molecule is O=c1cc(C(F)(F)F)c2cc(N3C[C@H](O)C[C@@H]3[C@H](O)C(F)(F)F)ccc2[nH]1. The highest BCUT2D eigenvalue weighted by Gasteiger charge is 2.49. The lowest BCUT2D eigenvalue weighted by Crippen LogP contribution is -2.47. The Morgan fingerprint density at radius 3 is 2.41 bits per heavy atom. The average Bonchev–Trinajstić information content (AvgIpc) is 2.92. The summed E-state index contributed by atoms with van der Waals surface area (Å²) in [6.45, 7) is -0.284. The summed E-state index contributed by atoms with van der Waals surface area (Å²) in [5.74, 6) is 0. The van der Waals surface area contributed by atoms with E-state index in [1.54, 1.807) is 0 Å². The fraction of sp³-hybridized carbons (Fsp3) is 0.438. The molecule has 1 aliphatic heterocycles. The third-order valence-electron chi connectivity index (χ3n) is 4.48. The zero-order valence-electron chi connectivity index (χ0n) is 13.5. The van der Waals surface area contributed by atoms with Gasteiger partial charge in [0.1, 0.15) is 0 Å². The quantitative estimate of drug-likeness (QED) is 0.682. The number of hydrogen-bond acceptors (Lipinski definition) is 4. The molecule has 0 spiro atoms. The highest BCUT2D eigenvalue weighted by atomic mass is 19.4. The van der Waals surface area contributed by atoms with E-state index in [1.807, 2.05) is 0 Å². The number of pyridine rings is 1. The summed E-state index contributed by atoms with van der Waals surface area (Å²) in [7, 11) is 0. The normalized spacial score (nSPS) is 22.4. The summed E-state index contributed by atoms with van der Waals surface area (Å²) in [5.41, 5.74) is -2.36. The Morgan fingerprint density at radius 1 is 1.15 bits per heavy atom. The van der Waals surface area contributed by atoms with Crippen molar-refractivity contribution >= 4 is 16.6 Å². The number of alkyl halides is 6. The van der Waals surface area contributed by atoms with E-state index in [0.717, 1.165) is 17.0 Å². The van der Waals surface area contributed by atoms with Crippen molar-refractivity contribution in [3.05, 3.63) is 40.2 Å². The smallest absolute Gasteiger partial charge is 0.391 e. The van der Waals surface area contributed by atoms with Crippen LogP contribution in [0.15, 0.2) is 29.1 Å². The summed E-state index contributed by atoms with van der Waals surface area (Å²) in [4.78, 5) is 14.7. The number of hydrogen-bond donors (Lipinski definition) is 3. The van der Waals surface area contributed by atoms with Gasteiger partial charge in [0.2, 0.25) is 5.56 Å². The summed E-state index contributed by atoms with van der Waals surface area (Å²) in [5, 5.41) is 18.9. The van der Waals surface area contributed by atoms with Crippen LogP contribution in [0.25, 0.3) is 10.9 Å². The summed E-state index contributed by atoms with van der Waals surface area (Å²) in [6, 6.07) is 2.18. The van der Waals surface area contributed by atoms with Crippen LogP contribution >= 0.6 is 0 Å². The van der Waals surface area contributed by atoms with Crippen LogP contribution in [0.4, 0.5) is 32.0 Å². The number of anilines is 1. The standard InChI is InChI=1S/C16H14F6N2O3/c17-15(18,19)10-5-13(26)23-11-2-1-7(3-9(10)11)24-6-8(25)4-12(24)14(27)16(20,21)22/h1-3,5,8,12,14,25,27H,4,6H2,(H,23,26)/t8-,12-,14+/m1/s1. The van der Waals surface area contributed by atoms with E-state index in [9.17, 15) is 41.4 Å². The Balaban J connectivity index is 2.11. The van der Waals surface area contributed by atoms with Gasteiger partial charge in [0.25, 0.3) is 0 Å². The molecule has 1 aliphatic rings. The summed E-state index contributed by atoms with van der Waals surface area (Å²) < 4.78 is 78.4. The number of aromatic amines is 1. The first-order valence-corrected chi connectivity index (χ1v) is 7.81. The molecule has 27 heavy (non-hydrogen) atoms. The van der Waals surface area contributed by atoms with Crippen LogP contribution in [0, 0.1) is 0 Å². The van der Waals surface area contributed by atoms with Crippen molar-refractivity contribution in [1.82, 2.24) is 4.98 Å². The maximum absolute atomic E-state index is 13.2. The van der Waals surface area contributed by atoms with Crippen LogP contribution in [0.2, 0.25) is 0 Å². The Morgan fingerprint density at radius 2 is 1.81 bits per heavy atom. The second-order valence-corrected chi connectivity index (χ2v) is 6.37. The van der Waals surface area contributed by atoms with Crippen molar-refractivity contribution in [3.8, 4) is 0 Å². The minimum atomic E-state index is -4.95. The van der Waals surface area contributed by atoms with E-state index in [-0.39, 0.29) is 17.7 Å². The van der Waals surface area contributed by atoms with Crippen LogP contribution in [0.3, 0.4) is 0 Å². The predicted molar refractivity (Wildman–Crippen MR) is 83.4 cm³/mol. The molecule has 2 aromatic rings. The molecular weight excluding hydrogens is 382 g/mol. The monoisotopic (exact) mass is 396 g/mol. The van der Waals surface area contributed by atoms with Gasteiger partial charge in [-0.1, -0.05) is 0 Å². The number of β-amino-alcohol motifs (C(OH)–C–C–N with tert-alkyl or cyclic N) is 1. The van der Waals surface area contributed by atoms with E-state index in [2.05, 4.69) is 4.98 Å². The molecule has 0 saturated carbocycles. The van der Waals surface area contributed by atoms with Gasteiger partial charge < -0.3 is 20.1 Å². The maximum atomic E-state index is 13.2. The van der Waals surface area contributed by atoms with Crippen molar-refractivity contribution < 1.29 is 36.6 Å². The predicted octanol–water partition coefficient (Wildman–Crippen LogP) is 2.41. The van der Waals surface area contributed by atoms with Crippen LogP contribution in [-0.2, 0) is 6.18 Å². The van der Waals surface area contributed by atoms with Gasteiger partial charge in [0, 0.05) is 29.2 Å². The molecule has 0 aliphatic carbocycles. The largest absolute Gasteiger partial charge is 0.417 e. The van der Waals surface area contributed by atoms with Gasteiger partial charge in [-0.25, -0.2) is 0 Å². The molecular formula is C16H14F6N2O3. The van der Waals surface area contributed by atoms with Crippen molar-refractivity contribution in [2.45, 2.75) is 37.0 Å². The average molecular weight is 396 g/mol. The van der Waals surface area contributed by atoms with Crippen LogP contribution in [0.1, 0.15) is 12.0 Å². The van der Waals surface area contributed by atoms with Gasteiger partial charge in [-0.2, -0.15) is 26.3 Å². The molecule has 3 N–H and O–H groups in total. The number of H-pyrrole nitrogens is 1. The third kappa shape index (κ3) is 3.74. The lowest BCUT2D eigenvalue weighted by atomic mass is 10.0. The molecule has 1 aromatic carbocycles. The molecule has 0 amide bonds. The molecule has 0 bridgehead atoms. The summed E-state index contributed by atoms with van der Waals surface area (Å²) >= 11 is 0. The Labute approximate surface area is 147 Å². The molecule has 0 unspecified atom stereocenters. The number of nitrogens with zero attached hydrogens (tertiary/aromatic N) is 1. The lowest BCUT2D eigenvalue weighted by molar-refractivity contribution is -0.209. The fourth-order valence-electron chi connectivity index (χ4n) is 3.31. The molecule has 1 fully saturated rings. The van der Waals surface area contributed by atoms with Crippen molar-refractivity contribution in [1.29, 1.82) is 0 Å². The topological polar surface area (TPSA) is 76.6 Å². The van der Waals surface area contributed by atoms with Gasteiger partial charge in [0.05, 0.1) is 17.7 Å². The lowest BCUT2D eigenvalue weighted by Gasteiger charge is -2.31. The van der Waals surface area contributed by atoms with Gasteiger partial charge in [-0.15, -0.1) is 0 Å². The number of nitrogens with one attached hydrogen (secondary N) is 1. The number of aliphatic hydroxyl groups excluding tert-OH is 2. The second-order valence-electron chi connectivity index (χ2n) is 6.37. The first-order chi connectivity index (χ1) is 12.4. The molecule has 1 aromatic heterocycles. The zero-order valence-corrected chi connectivity index (χ0v) is 13.5. The van der Waals surface area contributed by atoms with E-state index in [4.69, 9.17) is 0 Å². The van der Waals surface area contributed by atoms with Gasteiger partial charge in [-0.05, 0) is 24.6 Å². The molecule has 11 heteroatoms. The Hall–Kier alpha value is -2.27. The molecule has 0 radical (unpaired) electrons. The second kappa shape index (κ2) is 6.41. The molecule has 148 valence electrons. The van der Waals surface area contributed by atoms with Crippen LogP contribution in [-0.4, -0.2) is 46.2 Å². The number of aromatic nitrogens is 1. The van der Waals surface area contributed by atoms with Crippen LogP contribution < -0.4 is 10.5 Å². The number of halogens is 6. The van der Waals surface area contributed by atoms with Crippen LogP contribution in [0.5, 0.6) is 0 Å². The molecule has 1 saturated heterocycles. The Bertz CT molecular complexity index is 908. The van der Waals surface area contributed by atoms with Crippen molar-refractivity contribution in [2.24, 2.45) is 0 Å². The maximum Gasteiger partial charge on any atom is 0.417 e. The fourth-order valence-corrected chi connectivity index (χ4v) is 3.31. The van der Waals surface area contributed by atoms with E-state index in [0.29, 0.717) is 6.07 Å². The summed E-state index contributed by atoms with van der Waals surface area (Å²) in [6.07, 6.45) is -14.1. The molecule has 3 rings (SSSR count). The van der Waals surface area contributed by atoms with E-state index in [1.165, 1.54) is 6.07 Å². The minimum absolute atomic E-state index is 0.0371. The number of benzene rings is 1. The number of aliphatic hydroxyl groups is 2. The van der Waals surface area contributed by atoms with Gasteiger partial charge in [0.15, 0.2) is 6.10 Å².